The lowest BCUT2D eigenvalue weighted by Crippen LogP contribution is -1.98. The molecule has 0 aromatic heterocycles. The van der Waals surface area contributed by atoms with E-state index in [0.717, 1.165) is 17.5 Å². The van der Waals surface area contributed by atoms with Gasteiger partial charge in [0.05, 0.1) is 0 Å². The van der Waals surface area contributed by atoms with Crippen LogP contribution in [0.5, 0.6) is 11.5 Å². The zero-order valence-electron chi connectivity index (χ0n) is 8.47. The SMILES string of the molecule is Oc1ccc2c(c1)Cc1cc(O)ccc1S2. The van der Waals surface area contributed by atoms with Crippen molar-refractivity contribution in [1.29, 1.82) is 0 Å². The third-order valence-corrected chi connectivity index (χ3v) is 3.93. The van der Waals surface area contributed by atoms with Crippen LogP contribution in [0.2, 0.25) is 0 Å². The van der Waals surface area contributed by atoms with Crippen molar-refractivity contribution in [3.05, 3.63) is 47.5 Å². The maximum Gasteiger partial charge on any atom is 0.115 e. The van der Waals surface area contributed by atoms with Gasteiger partial charge in [-0.25, -0.2) is 0 Å². The molecule has 0 saturated carbocycles. The molecule has 16 heavy (non-hydrogen) atoms. The van der Waals surface area contributed by atoms with Crippen LogP contribution in [-0.4, -0.2) is 10.2 Å². The first kappa shape index (κ1) is 9.60. The Hall–Kier alpha value is -1.61. The van der Waals surface area contributed by atoms with Crippen LogP contribution >= 0.6 is 11.8 Å². The van der Waals surface area contributed by atoms with E-state index < -0.39 is 0 Å². The molecule has 3 heteroatoms. The molecule has 0 bridgehead atoms. The van der Waals surface area contributed by atoms with Crippen molar-refractivity contribution >= 4 is 11.8 Å². The summed E-state index contributed by atoms with van der Waals surface area (Å²) in [7, 11) is 0. The molecule has 80 valence electrons. The van der Waals surface area contributed by atoms with Gasteiger partial charge in [-0.1, -0.05) is 11.8 Å². The molecule has 1 heterocycles. The number of aromatic hydroxyl groups is 2. The number of hydrogen-bond donors (Lipinski definition) is 2. The van der Waals surface area contributed by atoms with E-state index in [-0.39, 0.29) is 0 Å². The van der Waals surface area contributed by atoms with Gasteiger partial charge in [0.15, 0.2) is 0 Å². The fourth-order valence-electron chi connectivity index (χ4n) is 1.93. The Bertz CT molecular complexity index is 514. The molecule has 3 rings (SSSR count). The topological polar surface area (TPSA) is 40.5 Å². The lowest BCUT2D eigenvalue weighted by molar-refractivity contribution is 0.473. The normalized spacial score (nSPS) is 13.0. The zero-order chi connectivity index (χ0) is 11.1. The lowest BCUT2D eigenvalue weighted by Gasteiger charge is -2.18. The highest BCUT2D eigenvalue weighted by molar-refractivity contribution is 7.99. The first-order chi connectivity index (χ1) is 7.72. The molecule has 0 radical (unpaired) electrons. The number of phenolic OH excluding ortho intramolecular Hbond substituents is 2. The van der Waals surface area contributed by atoms with E-state index in [1.54, 1.807) is 36.0 Å². The Labute approximate surface area is 97.6 Å². The molecule has 2 aromatic rings. The van der Waals surface area contributed by atoms with Gasteiger partial charge in [-0.2, -0.15) is 0 Å². The summed E-state index contributed by atoms with van der Waals surface area (Å²) in [5.41, 5.74) is 2.23. The van der Waals surface area contributed by atoms with Crippen LogP contribution < -0.4 is 0 Å². The molecule has 2 N–H and O–H groups in total. The summed E-state index contributed by atoms with van der Waals surface area (Å²) in [6, 6.07) is 10.9. The number of phenols is 2. The van der Waals surface area contributed by atoms with Crippen LogP contribution in [0.3, 0.4) is 0 Å². The highest BCUT2D eigenvalue weighted by Gasteiger charge is 2.16. The van der Waals surface area contributed by atoms with E-state index in [1.807, 2.05) is 12.1 Å². The predicted molar refractivity (Wildman–Crippen MR) is 63.1 cm³/mol. The monoisotopic (exact) mass is 230 g/mol. The Balaban J connectivity index is 2.10. The summed E-state index contributed by atoms with van der Waals surface area (Å²) in [5.74, 6) is 0.589. The highest BCUT2D eigenvalue weighted by atomic mass is 32.2. The molecule has 0 atom stereocenters. The van der Waals surface area contributed by atoms with Crippen LogP contribution in [-0.2, 0) is 6.42 Å². The van der Waals surface area contributed by atoms with Gasteiger partial charge in [0.2, 0.25) is 0 Å². The number of rotatable bonds is 0. The summed E-state index contributed by atoms with van der Waals surface area (Å²) >= 11 is 1.68. The van der Waals surface area contributed by atoms with Crippen LogP contribution in [0, 0.1) is 0 Å². The van der Waals surface area contributed by atoms with Gasteiger partial charge in [0.25, 0.3) is 0 Å². The lowest BCUT2D eigenvalue weighted by atomic mass is 10.0. The molecular weight excluding hydrogens is 220 g/mol. The van der Waals surface area contributed by atoms with Gasteiger partial charge in [-0.15, -0.1) is 0 Å². The third kappa shape index (κ3) is 1.53. The summed E-state index contributed by atoms with van der Waals surface area (Å²) in [4.78, 5) is 2.35. The van der Waals surface area contributed by atoms with Gasteiger partial charge in [-0.3, -0.25) is 0 Å². The number of fused-ring (bicyclic) bond motifs is 2. The van der Waals surface area contributed by atoms with Gasteiger partial charge in [0, 0.05) is 9.79 Å². The van der Waals surface area contributed by atoms with Crippen molar-refractivity contribution in [2.75, 3.05) is 0 Å². The first-order valence-corrected chi connectivity index (χ1v) is 5.86. The Morgan fingerprint density at radius 2 is 1.31 bits per heavy atom. The summed E-state index contributed by atoms with van der Waals surface area (Å²) in [5, 5.41) is 18.9. The minimum Gasteiger partial charge on any atom is -0.508 e. The van der Waals surface area contributed by atoms with Crippen molar-refractivity contribution < 1.29 is 10.2 Å². The molecule has 1 aliphatic rings. The maximum atomic E-state index is 9.43. The molecule has 2 nitrogen and oxygen atoms in total. The van der Waals surface area contributed by atoms with E-state index in [2.05, 4.69) is 0 Å². The van der Waals surface area contributed by atoms with Gasteiger partial charge < -0.3 is 10.2 Å². The Morgan fingerprint density at radius 1 is 0.812 bits per heavy atom. The molecule has 0 fully saturated rings. The van der Waals surface area contributed by atoms with E-state index >= 15 is 0 Å². The molecule has 2 aromatic carbocycles. The van der Waals surface area contributed by atoms with Gasteiger partial charge in [0.1, 0.15) is 11.5 Å². The molecule has 0 spiro atoms. The van der Waals surface area contributed by atoms with Crippen molar-refractivity contribution in [1.82, 2.24) is 0 Å². The molecule has 0 saturated heterocycles. The minimum absolute atomic E-state index is 0.294. The smallest absolute Gasteiger partial charge is 0.115 e. The molecule has 0 unspecified atom stereocenters. The third-order valence-electron chi connectivity index (χ3n) is 2.69. The van der Waals surface area contributed by atoms with Crippen molar-refractivity contribution in [3.8, 4) is 11.5 Å². The minimum atomic E-state index is 0.294. The Kier molecular flexibility index (Phi) is 2.07. The second-order valence-electron chi connectivity index (χ2n) is 3.86. The van der Waals surface area contributed by atoms with Crippen LogP contribution in [0.25, 0.3) is 0 Å². The Morgan fingerprint density at radius 3 is 1.81 bits per heavy atom. The van der Waals surface area contributed by atoms with E-state index in [1.165, 1.54) is 9.79 Å². The number of benzene rings is 2. The van der Waals surface area contributed by atoms with Crippen LogP contribution in [0.4, 0.5) is 0 Å². The van der Waals surface area contributed by atoms with E-state index in [0.29, 0.717) is 11.5 Å². The molecule has 0 amide bonds. The zero-order valence-corrected chi connectivity index (χ0v) is 9.29. The average molecular weight is 230 g/mol. The van der Waals surface area contributed by atoms with Crippen molar-refractivity contribution in [3.63, 3.8) is 0 Å². The van der Waals surface area contributed by atoms with Gasteiger partial charge in [-0.05, 0) is 53.9 Å². The number of hydrogen-bond acceptors (Lipinski definition) is 3. The predicted octanol–water partition coefficient (Wildman–Crippen LogP) is 3.15. The van der Waals surface area contributed by atoms with Crippen LogP contribution in [0.1, 0.15) is 11.1 Å². The standard InChI is InChI=1S/C13H10O2S/c14-10-1-3-12-8(6-10)5-9-7-11(15)2-4-13(9)16-12/h1-4,6-7,14-15H,5H2. The van der Waals surface area contributed by atoms with Crippen molar-refractivity contribution in [2.24, 2.45) is 0 Å². The summed E-state index contributed by atoms with van der Waals surface area (Å²) in [6.45, 7) is 0. The fraction of sp³-hybridized carbons (Fsp3) is 0.0769. The largest absolute Gasteiger partial charge is 0.508 e. The van der Waals surface area contributed by atoms with E-state index in [9.17, 15) is 10.2 Å². The second-order valence-corrected chi connectivity index (χ2v) is 4.95. The van der Waals surface area contributed by atoms with Crippen LogP contribution in [0.15, 0.2) is 46.2 Å². The molecule has 1 aliphatic heterocycles. The average Bonchev–Trinajstić information content (AvgIpc) is 2.26. The van der Waals surface area contributed by atoms with E-state index in [4.69, 9.17) is 0 Å². The fourth-order valence-corrected chi connectivity index (χ4v) is 2.96. The van der Waals surface area contributed by atoms with Crippen molar-refractivity contribution in [2.45, 2.75) is 16.2 Å². The highest BCUT2D eigenvalue weighted by Crippen LogP contribution is 2.41. The maximum absolute atomic E-state index is 9.43. The molecule has 0 aliphatic carbocycles. The summed E-state index contributed by atoms with van der Waals surface area (Å²) < 4.78 is 0. The molecular formula is C13H10O2S. The first-order valence-electron chi connectivity index (χ1n) is 5.04. The quantitative estimate of drug-likeness (QED) is 0.623. The second kappa shape index (κ2) is 3.46. The summed E-state index contributed by atoms with van der Waals surface area (Å²) in [6.07, 6.45) is 0.764. The van der Waals surface area contributed by atoms with Gasteiger partial charge >= 0.3 is 0 Å².